The first-order valence-corrected chi connectivity index (χ1v) is 10.3. The van der Waals surface area contributed by atoms with Gasteiger partial charge in [-0.2, -0.15) is 0 Å². The summed E-state index contributed by atoms with van der Waals surface area (Å²) in [5, 5.41) is 3.21. The SMILES string of the molecule is CN1CCC(NC(=O)N2CC[C@@H](Oc3cccnc3N3CCCC3)C2)CC1. The van der Waals surface area contributed by atoms with Crippen molar-refractivity contribution in [1.82, 2.24) is 20.1 Å². The average Bonchev–Trinajstić information content (AvgIpc) is 3.36. The maximum Gasteiger partial charge on any atom is 0.317 e. The van der Waals surface area contributed by atoms with Crippen molar-refractivity contribution in [3.05, 3.63) is 18.3 Å². The number of aromatic nitrogens is 1. The molecule has 3 saturated heterocycles. The molecule has 0 spiro atoms. The zero-order valence-electron chi connectivity index (χ0n) is 16.3. The van der Waals surface area contributed by atoms with Gasteiger partial charge in [-0.25, -0.2) is 9.78 Å². The molecule has 27 heavy (non-hydrogen) atoms. The Labute approximate surface area is 161 Å². The number of ether oxygens (including phenoxy) is 1. The predicted octanol–water partition coefficient (Wildman–Crippen LogP) is 1.94. The third-order valence-corrected chi connectivity index (χ3v) is 5.93. The fourth-order valence-electron chi connectivity index (χ4n) is 4.25. The van der Waals surface area contributed by atoms with E-state index in [1.54, 1.807) is 0 Å². The molecule has 0 radical (unpaired) electrons. The van der Waals surface area contributed by atoms with Crippen molar-refractivity contribution in [1.29, 1.82) is 0 Å². The number of hydrogen-bond acceptors (Lipinski definition) is 5. The first kappa shape index (κ1) is 18.3. The molecule has 3 aliphatic heterocycles. The van der Waals surface area contributed by atoms with Crippen LogP contribution in [-0.2, 0) is 0 Å². The predicted molar refractivity (Wildman–Crippen MR) is 105 cm³/mol. The first-order chi connectivity index (χ1) is 13.2. The minimum atomic E-state index is 0.0405. The van der Waals surface area contributed by atoms with Gasteiger partial charge in [-0.1, -0.05) is 0 Å². The van der Waals surface area contributed by atoms with Crippen LogP contribution in [0.1, 0.15) is 32.1 Å². The highest BCUT2D eigenvalue weighted by atomic mass is 16.5. The van der Waals surface area contributed by atoms with Crippen LogP contribution in [0.2, 0.25) is 0 Å². The van der Waals surface area contributed by atoms with E-state index in [4.69, 9.17) is 4.74 Å². The molecule has 1 aromatic heterocycles. The molecule has 0 saturated carbocycles. The second-order valence-corrected chi connectivity index (χ2v) is 8.02. The zero-order valence-corrected chi connectivity index (χ0v) is 16.3. The molecule has 1 atom stereocenters. The summed E-state index contributed by atoms with van der Waals surface area (Å²) < 4.78 is 6.27. The summed E-state index contributed by atoms with van der Waals surface area (Å²) in [5.41, 5.74) is 0. The van der Waals surface area contributed by atoms with E-state index in [9.17, 15) is 4.79 Å². The van der Waals surface area contributed by atoms with E-state index in [1.807, 2.05) is 23.2 Å². The summed E-state index contributed by atoms with van der Waals surface area (Å²) in [4.78, 5) is 23.7. The second kappa shape index (κ2) is 8.33. The lowest BCUT2D eigenvalue weighted by atomic mass is 10.1. The van der Waals surface area contributed by atoms with E-state index in [0.717, 1.165) is 63.6 Å². The molecule has 7 heteroatoms. The summed E-state index contributed by atoms with van der Waals surface area (Å²) in [7, 11) is 2.13. The Bertz CT molecular complexity index is 641. The molecule has 0 bridgehead atoms. The van der Waals surface area contributed by atoms with Crippen LogP contribution in [0.25, 0.3) is 0 Å². The van der Waals surface area contributed by atoms with Crippen molar-refractivity contribution in [3.8, 4) is 5.75 Å². The van der Waals surface area contributed by atoms with Crippen LogP contribution in [0, 0.1) is 0 Å². The number of hydrogen-bond donors (Lipinski definition) is 1. The minimum Gasteiger partial charge on any atom is -0.485 e. The Morgan fingerprint density at radius 2 is 1.93 bits per heavy atom. The minimum absolute atomic E-state index is 0.0405. The van der Waals surface area contributed by atoms with Gasteiger partial charge in [0.1, 0.15) is 6.10 Å². The molecule has 2 amide bonds. The van der Waals surface area contributed by atoms with Crippen LogP contribution in [0.15, 0.2) is 18.3 Å². The molecular weight excluding hydrogens is 342 g/mol. The van der Waals surface area contributed by atoms with Crippen molar-refractivity contribution in [2.24, 2.45) is 0 Å². The topological polar surface area (TPSA) is 60.9 Å². The Morgan fingerprint density at radius 1 is 1.15 bits per heavy atom. The van der Waals surface area contributed by atoms with E-state index in [1.165, 1.54) is 12.8 Å². The van der Waals surface area contributed by atoms with Gasteiger partial charge in [0.15, 0.2) is 11.6 Å². The number of piperidine rings is 1. The zero-order chi connectivity index (χ0) is 18.6. The van der Waals surface area contributed by atoms with Gasteiger partial charge in [-0.3, -0.25) is 0 Å². The molecule has 0 unspecified atom stereocenters. The third-order valence-electron chi connectivity index (χ3n) is 5.93. The molecule has 0 aromatic carbocycles. The number of carbonyl (C=O) groups excluding carboxylic acids is 1. The fourth-order valence-corrected chi connectivity index (χ4v) is 4.25. The molecule has 3 fully saturated rings. The average molecular weight is 374 g/mol. The molecule has 0 aliphatic carbocycles. The number of rotatable bonds is 4. The summed E-state index contributed by atoms with van der Waals surface area (Å²) in [6.45, 7) is 5.59. The van der Waals surface area contributed by atoms with Crippen LogP contribution in [-0.4, -0.2) is 79.3 Å². The maximum absolute atomic E-state index is 12.6. The standard InChI is InChI=1S/C20H31N5O2/c1-23-12-6-16(7-13-23)22-20(26)25-14-8-17(15-25)27-18-5-4-9-21-19(18)24-10-2-3-11-24/h4-5,9,16-17H,2-3,6-8,10-15H2,1H3,(H,22,26)/t17-/m1/s1. The fraction of sp³-hybridized carbons (Fsp3) is 0.700. The van der Waals surface area contributed by atoms with Gasteiger partial charge in [-0.15, -0.1) is 0 Å². The van der Waals surface area contributed by atoms with E-state index < -0.39 is 0 Å². The van der Waals surface area contributed by atoms with Gasteiger partial charge in [0.05, 0.1) is 6.54 Å². The van der Waals surface area contributed by atoms with Crippen molar-refractivity contribution in [3.63, 3.8) is 0 Å². The van der Waals surface area contributed by atoms with Gasteiger partial charge >= 0.3 is 6.03 Å². The van der Waals surface area contributed by atoms with Gasteiger partial charge in [0.25, 0.3) is 0 Å². The molecule has 4 heterocycles. The molecule has 1 aromatic rings. The first-order valence-electron chi connectivity index (χ1n) is 10.3. The van der Waals surface area contributed by atoms with Crippen molar-refractivity contribution >= 4 is 11.8 Å². The molecule has 4 rings (SSSR count). The number of nitrogens with one attached hydrogen (secondary N) is 1. The monoisotopic (exact) mass is 373 g/mol. The van der Waals surface area contributed by atoms with Crippen LogP contribution < -0.4 is 15.0 Å². The number of urea groups is 1. The van der Waals surface area contributed by atoms with Gasteiger partial charge in [0.2, 0.25) is 0 Å². The number of carbonyl (C=O) groups is 1. The Kier molecular flexibility index (Phi) is 5.66. The smallest absolute Gasteiger partial charge is 0.317 e. The Balaban J connectivity index is 1.30. The van der Waals surface area contributed by atoms with E-state index in [-0.39, 0.29) is 12.1 Å². The number of nitrogens with zero attached hydrogens (tertiary/aromatic N) is 4. The molecule has 7 nitrogen and oxygen atoms in total. The highest BCUT2D eigenvalue weighted by Gasteiger charge is 2.30. The Morgan fingerprint density at radius 3 is 2.70 bits per heavy atom. The highest BCUT2D eigenvalue weighted by molar-refractivity contribution is 5.75. The van der Waals surface area contributed by atoms with E-state index in [2.05, 4.69) is 27.1 Å². The summed E-state index contributed by atoms with van der Waals surface area (Å²) >= 11 is 0. The lowest BCUT2D eigenvalue weighted by Gasteiger charge is -2.30. The van der Waals surface area contributed by atoms with Crippen LogP contribution in [0.4, 0.5) is 10.6 Å². The van der Waals surface area contributed by atoms with Crippen molar-refractivity contribution < 1.29 is 9.53 Å². The van der Waals surface area contributed by atoms with Crippen molar-refractivity contribution in [2.75, 3.05) is 51.2 Å². The quantitative estimate of drug-likeness (QED) is 0.874. The molecule has 148 valence electrons. The lowest BCUT2D eigenvalue weighted by molar-refractivity contribution is 0.176. The van der Waals surface area contributed by atoms with E-state index in [0.29, 0.717) is 12.6 Å². The molecule has 3 aliphatic rings. The number of likely N-dealkylation sites (tertiary alicyclic amines) is 2. The van der Waals surface area contributed by atoms with E-state index >= 15 is 0 Å². The van der Waals surface area contributed by atoms with Crippen LogP contribution in [0.5, 0.6) is 5.75 Å². The normalized spacial score (nSPS) is 24.4. The molecule has 1 N–H and O–H groups in total. The van der Waals surface area contributed by atoms with Crippen LogP contribution >= 0.6 is 0 Å². The lowest BCUT2D eigenvalue weighted by Crippen LogP contribution is -2.48. The van der Waals surface area contributed by atoms with Gasteiger partial charge in [-0.05, 0) is 58.0 Å². The largest absolute Gasteiger partial charge is 0.485 e. The third kappa shape index (κ3) is 4.46. The van der Waals surface area contributed by atoms with Gasteiger partial charge in [0, 0.05) is 38.3 Å². The number of pyridine rings is 1. The summed E-state index contributed by atoms with van der Waals surface area (Å²) in [6, 6.07) is 4.28. The van der Waals surface area contributed by atoms with Gasteiger partial charge < -0.3 is 24.8 Å². The summed E-state index contributed by atoms with van der Waals surface area (Å²) in [5.74, 6) is 1.80. The summed E-state index contributed by atoms with van der Waals surface area (Å²) in [6.07, 6.45) is 7.23. The highest BCUT2D eigenvalue weighted by Crippen LogP contribution is 2.30. The Hall–Kier alpha value is -2.02. The maximum atomic E-state index is 12.6. The number of amides is 2. The number of anilines is 1. The van der Waals surface area contributed by atoms with Crippen LogP contribution in [0.3, 0.4) is 0 Å². The second-order valence-electron chi connectivity index (χ2n) is 8.02. The molecular formula is C20H31N5O2. The van der Waals surface area contributed by atoms with Crippen molar-refractivity contribution in [2.45, 2.75) is 44.2 Å².